The molecule has 2 rings (SSSR count). The second kappa shape index (κ2) is 5.82. The molecule has 8 heteroatoms. The Labute approximate surface area is 132 Å². The number of rotatable bonds is 1. The lowest BCUT2D eigenvalue weighted by atomic mass is 9.97. The molecule has 1 aliphatic rings. The average Bonchev–Trinajstić information content (AvgIpc) is 2.44. The van der Waals surface area contributed by atoms with E-state index in [2.05, 4.69) is 4.74 Å². The minimum absolute atomic E-state index is 0.0218. The zero-order chi connectivity index (χ0) is 15.8. The van der Waals surface area contributed by atoms with Gasteiger partial charge in [-0.25, -0.2) is 4.79 Å². The van der Waals surface area contributed by atoms with Crippen LogP contribution in [0.3, 0.4) is 0 Å². The summed E-state index contributed by atoms with van der Waals surface area (Å²) < 4.78 is 42.7. The molecule has 1 aliphatic heterocycles. The average molecular weight is 413 g/mol. The number of halogens is 4. The zero-order valence-corrected chi connectivity index (χ0v) is 13.1. The van der Waals surface area contributed by atoms with Gasteiger partial charge in [-0.15, -0.1) is 0 Å². The summed E-state index contributed by atoms with van der Waals surface area (Å²) in [6.07, 6.45) is -4.59. The molecule has 114 valence electrons. The number of alkyl halides is 3. The van der Waals surface area contributed by atoms with E-state index in [0.29, 0.717) is 14.7 Å². The van der Waals surface area contributed by atoms with E-state index in [-0.39, 0.29) is 19.5 Å². The summed E-state index contributed by atoms with van der Waals surface area (Å²) in [4.78, 5) is 23.6. The second-order valence-electron chi connectivity index (χ2n) is 4.56. The lowest BCUT2D eigenvalue weighted by Crippen LogP contribution is -2.44. The first-order chi connectivity index (χ1) is 9.74. The van der Waals surface area contributed by atoms with Gasteiger partial charge in [0.05, 0.1) is 12.7 Å². The zero-order valence-electron chi connectivity index (χ0n) is 11.0. The van der Waals surface area contributed by atoms with Crippen LogP contribution < -0.4 is 0 Å². The molecule has 1 heterocycles. The van der Waals surface area contributed by atoms with Gasteiger partial charge in [-0.2, -0.15) is 13.2 Å². The van der Waals surface area contributed by atoms with E-state index in [1.165, 1.54) is 7.11 Å². The fourth-order valence-corrected chi connectivity index (χ4v) is 3.06. The van der Waals surface area contributed by atoms with Gasteiger partial charge in [-0.05, 0) is 52.3 Å². The Balaban J connectivity index is 2.30. The van der Waals surface area contributed by atoms with Gasteiger partial charge >= 0.3 is 18.1 Å². The van der Waals surface area contributed by atoms with E-state index in [1.807, 2.05) is 22.6 Å². The number of ether oxygens (including phenoxy) is 1. The van der Waals surface area contributed by atoms with Gasteiger partial charge in [0, 0.05) is 16.7 Å². The molecule has 0 aliphatic carbocycles. The third-order valence-corrected chi connectivity index (χ3v) is 4.20. The molecule has 0 aromatic heterocycles. The monoisotopic (exact) mass is 413 g/mol. The van der Waals surface area contributed by atoms with Gasteiger partial charge in [0.25, 0.3) is 0 Å². The molecule has 0 atom stereocenters. The van der Waals surface area contributed by atoms with Crippen molar-refractivity contribution in [2.24, 2.45) is 0 Å². The molecule has 0 unspecified atom stereocenters. The summed E-state index contributed by atoms with van der Waals surface area (Å²) in [5.74, 6) is -2.33. The molecule has 0 saturated carbocycles. The number of methoxy groups -OCH3 is 1. The highest BCUT2D eigenvalue weighted by atomic mass is 127. The van der Waals surface area contributed by atoms with Crippen LogP contribution in [0.25, 0.3) is 0 Å². The molecule has 0 radical (unpaired) electrons. The number of hydrogen-bond acceptors (Lipinski definition) is 3. The van der Waals surface area contributed by atoms with Crippen molar-refractivity contribution >= 4 is 34.5 Å². The molecular formula is C13H11F3INO3. The molecule has 0 fully saturated rings. The number of benzene rings is 1. The van der Waals surface area contributed by atoms with Gasteiger partial charge in [-0.3, -0.25) is 4.79 Å². The van der Waals surface area contributed by atoms with E-state index in [1.54, 1.807) is 12.1 Å². The lowest BCUT2D eigenvalue weighted by molar-refractivity contribution is -0.186. The predicted molar refractivity (Wildman–Crippen MR) is 75.7 cm³/mol. The van der Waals surface area contributed by atoms with E-state index in [9.17, 15) is 22.8 Å². The molecule has 21 heavy (non-hydrogen) atoms. The van der Waals surface area contributed by atoms with Crippen LogP contribution in [-0.4, -0.2) is 36.6 Å². The Kier molecular flexibility index (Phi) is 4.45. The SMILES string of the molecule is COC(=O)c1cc(I)c2c(c1)CCN(C(=O)C(F)(F)F)C2. The standard InChI is InChI=1S/C13H11F3INO3/c1-21-11(19)8-4-7-2-3-18(12(20)13(14,15)16)6-9(7)10(17)5-8/h4-5H,2-3,6H2,1H3. The summed E-state index contributed by atoms with van der Waals surface area (Å²) >= 11 is 1.95. The van der Waals surface area contributed by atoms with Crippen molar-refractivity contribution in [1.29, 1.82) is 0 Å². The van der Waals surface area contributed by atoms with Gasteiger partial charge in [0.2, 0.25) is 0 Å². The largest absolute Gasteiger partial charge is 0.471 e. The Hall–Kier alpha value is -1.32. The smallest absolute Gasteiger partial charge is 0.465 e. The van der Waals surface area contributed by atoms with E-state index in [0.717, 1.165) is 10.5 Å². The highest BCUT2D eigenvalue weighted by Crippen LogP contribution is 2.29. The molecule has 1 aromatic rings. The Morgan fingerprint density at radius 2 is 2.00 bits per heavy atom. The number of esters is 1. The molecular weight excluding hydrogens is 402 g/mol. The molecule has 0 spiro atoms. The van der Waals surface area contributed by atoms with Crippen LogP contribution in [0.4, 0.5) is 13.2 Å². The number of nitrogens with zero attached hydrogens (tertiary/aromatic N) is 1. The maximum absolute atomic E-state index is 12.5. The Bertz CT molecular complexity index is 601. The fraction of sp³-hybridized carbons (Fsp3) is 0.385. The van der Waals surface area contributed by atoms with Crippen molar-refractivity contribution in [1.82, 2.24) is 4.90 Å². The Morgan fingerprint density at radius 1 is 1.33 bits per heavy atom. The van der Waals surface area contributed by atoms with Crippen LogP contribution in [0.15, 0.2) is 12.1 Å². The highest BCUT2D eigenvalue weighted by molar-refractivity contribution is 14.1. The summed E-state index contributed by atoms with van der Waals surface area (Å²) in [6, 6.07) is 3.16. The van der Waals surface area contributed by atoms with Crippen molar-refractivity contribution in [2.75, 3.05) is 13.7 Å². The van der Waals surface area contributed by atoms with Gasteiger partial charge in [0.15, 0.2) is 0 Å². The summed E-state index contributed by atoms with van der Waals surface area (Å²) in [5.41, 5.74) is 1.77. The topological polar surface area (TPSA) is 46.6 Å². The van der Waals surface area contributed by atoms with Gasteiger partial charge < -0.3 is 9.64 Å². The third-order valence-electron chi connectivity index (χ3n) is 3.24. The van der Waals surface area contributed by atoms with Crippen LogP contribution >= 0.6 is 22.6 Å². The number of hydrogen-bond donors (Lipinski definition) is 0. The summed E-state index contributed by atoms with van der Waals surface area (Å²) in [7, 11) is 1.26. The number of carbonyl (C=O) groups is 2. The molecule has 1 amide bonds. The van der Waals surface area contributed by atoms with Crippen LogP contribution in [-0.2, 0) is 22.5 Å². The van der Waals surface area contributed by atoms with Crippen molar-refractivity contribution in [3.63, 3.8) is 0 Å². The number of fused-ring (bicyclic) bond motifs is 1. The maximum atomic E-state index is 12.5. The summed E-state index contributed by atoms with van der Waals surface area (Å²) in [6.45, 7) is -0.126. The minimum atomic E-state index is -4.87. The first kappa shape index (κ1) is 16.1. The van der Waals surface area contributed by atoms with Crippen molar-refractivity contribution in [2.45, 2.75) is 19.1 Å². The molecule has 1 aromatic carbocycles. The minimum Gasteiger partial charge on any atom is -0.465 e. The normalized spacial score (nSPS) is 14.6. The number of carbonyl (C=O) groups excluding carboxylic acids is 2. The summed E-state index contributed by atoms with van der Waals surface area (Å²) in [5, 5.41) is 0. The second-order valence-corrected chi connectivity index (χ2v) is 5.72. The molecule has 4 nitrogen and oxygen atoms in total. The van der Waals surface area contributed by atoms with E-state index >= 15 is 0 Å². The van der Waals surface area contributed by atoms with Crippen LogP contribution in [0.2, 0.25) is 0 Å². The maximum Gasteiger partial charge on any atom is 0.471 e. The van der Waals surface area contributed by atoms with Crippen molar-refractivity contribution < 1.29 is 27.5 Å². The molecule has 0 bridgehead atoms. The van der Waals surface area contributed by atoms with Gasteiger partial charge in [-0.1, -0.05) is 0 Å². The van der Waals surface area contributed by atoms with Crippen LogP contribution in [0, 0.1) is 3.57 Å². The Morgan fingerprint density at radius 3 is 2.57 bits per heavy atom. The van der Waals surface area contributed by atoms with Gasteiger partial charge in [0.1, 0.15) is 0 Å². The van der Waals surface area contributed by atoms with Crippen LogP contribution in [0.1, 0.15) is 21.5 Å². The first-order valence-corrected chi connectivity index (χ1v) is 7.07. The lowest BCUT2D eigenvalue weighted by Gasteiger charge is -2.30. The first-order valence-electron chi connectivity index (χ1n) is 5.99. The van der Waals surface area contributed by atoms with E-state index < -0.39 is 18.1 Å². The van der Waals surface area contributed by atoms with E-state index in [4.69, 9.17) is 0 Å². The molecule has 0 N–H and O–H groups in total. The molecule has 0 saturated heterocycles. The third kappa shape index (κ3) is 3.30. The van der Waals surface area contributed by atoms with Crippen LogP contribution in [0.5, 0.6) is 0 Å². The highest BCUT2D eigenvalue weighted by Gasteiger charge is 2.43. The predicted octanol–water partition coefficient (Wildman–Crippen LogP) is 2.52. The number of amides is 1. The quantitative estimate of drug-likeness (QED) is 0.526. The fourth-order valence-electron chi connectivity index (χ4n) is 2.21. The van der Waals surface area contributed by atoms with Crippen molar-refractivity contribution in [3.8, 4) is 0 Å². The van der Waals surface area contributed by atoms with Crippen molar-refractivity contribution in [3.05, 3.63) is 32.4 Å².